The van der Waals surface area contributed by atoms with Gasteiger partial charge in [-0.3, -0.25) is 4.79 Å². The Balaban J connectivity index is 2.64. The van der Waals surface area contributed by atoms with E-state index < -0.39 is 0 Å². The van der Waals surface area contributed by atoms with Crippen molar-refractivity contribution in [2.75, 3.05) is 4.43 Å². The van der Waals surface area contributed by atoms with Gasteiger partial charge in [0.05, 0.1) is 0 Å². The zero-order valence-electron chi connectivity index (χ0n) is 9.92. The Kier molecular flexibility index (Phi) is 5.31. The lowest BCUT2D eigenvalue weighted by Crippen LogP contribution is -2.39. The lowest BCUT2D eigenvalue weighted by Gasteiger charge is -2.19. The molecule has 1 aromatic heterocycles. The van der Waals surface area contributed by atoms with Gasteiger partial charge in [0.25, 0.3) is 5.91 Å². The van der Waals surface area contributed by atoms with E-state index in [1.807, 2.05) is 13.0 Å². The molecule has 1 rings (SSSR count). The summed E-state index contributed by atoms with van der Waals surface area (Å²) < 4.78 is 6.31. The summed E-state index contributed by atoms with van der Waals surface area (Å²) in [6.45, 7) is 6.20. The molecule has 3 nitrogen and oxygen atoms in total. The van der Waals surface area contributed by atoms with E-state index >= 15 is 0 Å². The van der Waals surface area contributed by atoms with Crippen LogP contribution in [0, 0.1) is 5.92 Å². The number of nitrogens with one attached hydrogen (secondary N) is 1. The van der Waals surface area contributed by atoms with Crippen LogP contribution >= 0.6 is 22.6 Å². The van der Waals surface area contributed by atoms with Crippen LogP contribution < -0.4 is 5.32 Å². The van der Waals surface area contributed by atoms with Crippen molar-refractivity contribution in [3.63, 3.8) is 0 Å². The Bertz CT molecular complexity index is 347. The van der Waals surface area contributed by atoms with E-state index in [0.29, 0.717) is 11.7 Å². The highest BCUT2D eigenvalue weighted by Crippen LogP contribution is 2.10. The Morgan fingerprint density at radius 1 is 1.50 bits per heavy atom. The van der Waals surface area contributed by atoms with Crippen molar-refractivity contribution in [1.82, 2.24) is 5.32 Å². The standard InChI is InChI=1S/C12H18INO2/c1-4-9-5-6-11(16-9)12(15)14-10(7-13)8(2)3/h5-6,8,10H,4,7H2,1-3H3,(H,14,15). The van der Waals surface area contributed by atoms with Gasteiger partial charge in [0, 0.05) is 16.9 Å². The quantitative estimate of drug-likeness (QED) is 0.664. The van der Waals surface area contributed by atoms with Gasteiger partial charge in [-0.1, -0.05) is 43.4 Å². The van der Waals surface area contributed by atoms with Gasteiger partial charge in [0.15, 0.2) is 5.76 Å². The molecular weight excluding hydrogens is 317 g/mol. The molecule has 16 heavy (non-hydrogen) atoms. The second kappa shape index (κ2) is 6.27. The number of carbonyl (C=O) groups is 1. The van der Waals surface area contributed by atoms with Gasteiger partial charge >= 0.3 is 0 Å². The van der Waals surface area contributed by atoms with Crippen molar-refractivity contribution in [3.05, 3.63) is 23.7 Å². The van der Waals surface area contributed by atoms with Crippen molar-refractivity contribution in [2.45, 2.75) is 33.2 Å². The maximum absolute atomic E-state index is 11.8. The first kappa shape index (κ1) is 13.5. The van der Waals surface area contributed by atoms with Gasteiger partial charge in [-0.25, -0.2) is 0 Å². The second-order valence-corrected chi connectivity index (χ2v) is 4.98. The van der Waals surface area contributed by atoms with Crippen LogP contribution in [0.1, 0.15) is 37.1 Å². The molecule has 0 aliphatic heterocycles. The minimum atomic E-state index is -0.116. The molecule has 0 fully saturated rings. The summed E-state index contributed by atoms with van der Waals surface area (Å²) in [4.78, 5) is 11.8. The molecule has 1 amide bonds. The summed E-state index contributed by atoms with van der Waals surface area (Å²) in [5, 5.41) is 2.98. The number of halogens is 1. The largest absolute Gasteiger partial charge is 0.456 e. The fraction of sp³-hybridized carbons (Fsp3) is 0.583. The number of rotatable bonds is 5. The Hall–Kier alpha value is -0.520. The van der Waals surface area contributed by atoms with Crippen molar-refractivity contribution in [3.8, 4) is 0 Å². The first-order chi connectivity index (χ1) is 7.58. The van der Waals surface area contributed by atoms with E-state index in [1.165, 1.54) is 0 Å². The number of carbonyl (C=O) groups excluding carboxylic acids is 1. The number of hydrogen-bond acceptors (Lipinski definition) is 2. The fourth-order valence-electron chi connectivity index (χ4n) is 1.31. The highest BCUT2D eigenvalue weighted by Gasteiger charge is 2.17. The molecule has 0 saturated carbocycles. The predicted octanol–water partition coefficient (Wildman–Crippen LogP) is 3.03. The minimum Gasteiger partial charge on any atom is -0.456 e. The van der Waals surface area contributed by atoms with Crippen molar-refractivity contribution in [1.29, 1.82) is 0 Å². The second-order valence-electron chi connectivity index (χ2n) is 4.10. The molecule has 0 bridgehead atoms. The van der Waals surface area contributed by atoms with Crippen LogP contribution in [0.5, 0.6) is 0 Å². The molecule has 1 N–H and O–H groups in total. The summed E-state index contributed by atoms with van der Waals surface area (Å²) in [6.07, 6.45) is 0.813. The SMILES string of the molecule is CCc1ccc(C(=O)NC(CI)C(C)C)o1. The topological polar surface area (TPSA) is 42.2 Å². The Morgan fingerprint density at radius 3 is 2.62 bits per heavy atom. The maximum atomic E-state index is 11.8. The molecular formula is C12H18INO2. The third-order valence-electron chi connectivity index (χ3n) is 2.52. The van der Waals surface area contributed by atoms with Crippen LogP contribution in [-0.4, -0.2) is 16.4 Å². The Labute approximate surface area is 110 Å². The molecule has 4 heteroatoms. The van der Waals surface area contributed by atoms with E-state index in [1.54, 1.807) is 6.07 Å². The van der Waals surface area contributed by atoms with Gasteiger partial charge in [-0.2, -0.15) is 0 Å². The molecule has 0 aliphatic rings. The van der Waals surface area contributed by atoms with Crippen LogP contribution in [0.2, 0.25) is 0 Å². The number of alkyl halides is 1. The van der Waals surface area contributed by atoms with Gasteiger partial charge in [0.1, 0.15) is 5.76 Å². The number of furan rings is 1. The molecule has 1 heterocycles. The van der Waals surface area contributed by atoms with Crippen LogP contribution in [0.3, 0.4) is 0 Å². The van der Waals surface area contributed by atoms with Crippen molar-refractivity contribution >= 4 is 28.5 Å². The van der Waals surface area contributed by atoms with Gasteiger partial charge in [-0.15, -0.1) is 0 Å². The van der Waals surface area contributed by atoms with Crippen molar-refractivity contribution in [2.24, 2.45) is 5.92 Å². The first-order valence-electron chi connectivity index (χ1n) is 5.54. The van der Waals surface area contributed by atoms with E-state index in [4.69, 9.17) is 4.42 Å². The molecule has 1 atom stereocenters. The van der Waals surface area contributed by atoms with Gasteiger partial charge in [0.2, 0.25) is 0 Å². The van der Waals surface area contributed by atoms with E-state index in [-0.39, 0.29) is 11.9 Å². The summed E-state index contributed by atoms with van der Waals surface area (Å²) in [5.41, 5.74) is 0. The highest BCUT2D eigenvalue weighted by molar-refractivity contribution is 14.1. The molecule has 0 aromatic carbocycles. The van der Waals surface area contributed by atoms with Gasteiger partial charge in [-0.05, 0) is 18.1 Å². The van der Waals surface area contributed by atoms with Crippen LogP contribution in [0.15, 0.2) is 16.5 Å². The molecule has 0 radical (unpaired) electrons. The summed E-state index contributed by atoms with van der Waals surface area (Å²) in [6, 6.07) is 3.78. The summed E-state index contributed by atoms with van der Waals surface area (Å²) in [5.74, 6) is 1.57. The number of amides is 1. The maximum Gasteiger partial charge on any atom is 0.287 e. The summed E-state index contributed by atoms with van der Waals surface area (Å²) in [7, 11) is 0. The average Bonchev–Trinajstić information content (AvgIpc) is 2.73. The van der Waals surface area contributed by atoms with Crippen LogP contribution in [0.4, 0.5) is 0 Å². The van der Waals surface area contributed by atoms with Crippen LogP contribution in [-0.2, 0) is 6.42 Å². The highest BCUT2D eigenvalue weighted by atomic mass is 127. The monoisotopic (exact) mass is 335 g/mol. The summed E-state index contributed by atoms with van der Waals surface area (Å²) >= 11 is 2.28. The van der Waals surface area contributed by atoms with Crippen molar-refractivity contribution < 1.29 is 9.21 Å². The average molecular weight is 335 g/mol. The molecule has 0 aliphatic carbocycles. The minimum absolute atomic E-state index is 0.116. The molecule has 0 saturated heterocycles. The predicted molar refractivity (Wildman–Crippen MR) is 73.1 cm³/mol. The van der Waals surface area contributed by atoms with E-state index in [2.05, 4.69) is 41.8 Å². The van der Waals surface area contributed by atoms with Gasteiger partial charge < -0.3 is 9.73 Å². The molecule has 1 aromatic rings. The van der Waals surface area contributed by atoms with E-state index in [9.17, 15) is 4.79 Å². The zero-order valence-corrected chi connectivity index (χ0v) is 12.1. The lowest BCUT2D eigenvalue weighted by molar-refractivity contribution is 0.0902. The molecule has 1 unspecified atom stereocenters. The number of aryl methyl sites for hydroxylation is 1. The number of hydrogen-bond donors (Lipinski definition) is 1. The lowest BCUT2D eigenvalue weighted by atomic mass is 10.1. The first-order valence-corrected chi connectivity index (χ1v) is 7.06. The normalized spacial score (nSPS) is 12.8. The van der Waals surface area contributed by atoms with Crippen LogP contribution in [0.25, 0.3) is 0 Å². The third-order valence-corrected chi connectivity index (χ3v) is 3.47. The Morgan fingerprint density at radius 2 is 2.19 bits per heavy atom. The third kappa shape index (κ3) is 3.50. The molecule has 90 valence electrons. The smallest absolute Gasteiger partial charge is 0.287 e. The molecule has 0 spiro atoms. The van der Waals surface area contributed by atoms with E-state index in [0.717, 1.165) is 16.6 Å². The fourth-order valence-corrected chi connectivity index (χ4v) is 2.55. The zero-order chi connectivity index (χ0) is 12.1.